The molecule has 2 rings (SSSR count). The highest BCUT2D eigenvalue weighted by molar-refractivity contribution is 9.14. The van der Waals surface area contributed by atoms with Crippen molar-refractivity contribution >= 4 is 127 Å². The summed E-state index contributed by atoms with van der Waals surface area (Å²) in [6.45, 7) is 0. The Morgan fingerprint density at radius 2 is 0.600 bits per heavy atom. The van der Waals surface area contributed by atoms with Gasteiger partial charge in [-0.2, -0.15) is 0 Å². The van der Waals surface area contributed by atoms with Gasteiger partial charge in [0.2, 0.25) is 0 Å². The zero-order chi connectivity index (χ0) is 15.2. The SMILES string of the molecule is Brc1cc(Br)c(Br)c(-c2c(Br)c(Br)cc(Br)c2Br)c1Br. The maximum absolute atomic E-state index is 3.65. The molecule has 20 heavy (non-hydrogen) atoms. The average Bonchev–Trinajstić information content (AvgIpc) is 2.38. The highest BCUT2D eigenvalue weighted by atomic mass is 79.9. The van der Waals surface area contributed by atoms with Gasteiger partial charge in [0.05, 0.1) is 0 Å². The largest absolute Gasteiger partial charge is 0.0495 e. The summed E-state index contributed by atoms with van der Waals surface area (Å²) in [5.41, 5.74) is 2.07. The molecular weight excluding hydrogens is 783 g/mol. The molecule has 0 aliphatic heterocycles. The molecule has 0 N–H and O–H groups in total. The van der Waals surface area contributed by atoms with Crippen molar-refractivity contribution in [1.82, 2.24) is 0 Å². The van der Waals surface area contributed by atoms with Crippen LogP contribution in [0.15, 0.2) is 47.9 Å². The van der Waals surface area contributed by atoms with Crippen LogP contribution in [0.2, 0.25) is 0 Å². The van der Waals surface area contributed by atoms with Gasteiger partial charge in [0, 0.05) is 46.9 Å². The second-order valence-electron chi connectivity index (χ2n) is 3.69. The zero-order valence-electron chi connectivity index (χ0n) is 9.18. The lowest BCUT2D eigenvalue weighted by molar-refractivity contribution is 1.43. The van der Waals surface area contributed by atoms with Crippen LogP contribution in [0.5, 0.6) is 0 Å². The van der Waals surface area contributed by atoms with Crippen molar-refractivity contribution in [2.24, 2.45) is 0 Å². The van der Waals surface area contributed by atoms with Crippen molar-refractivity contribution in [3.8, 4) is 11.1 Å². The van der Waals surface area contributed by atoms with E-state index in [9.17, 15) is 0 Å². The van der Waals surface area contributed by atoms with Gasteiger partial charge in [0.25, 0.3) is 0 Å². The predicted octanol–water partition coefficient (Wildman–Crippen LogP) is 9.45. The minimum atomic E-state index is 0.970. The Kier molecular flexibility index (Phi) is 6.93. The molecule has 106 valence electrons. The van der Waals surface area contributed by atoms with Gasteiger partial charge in [-0.3, -0.25) is 0 Å². The van der Waals surface area contributed by atoms with E-state index in [1.54, 1.807) is 0 Å². The summed E-state index contributed by atoms with van der Waals surface area (Å²) in [6.07, 6.45) is 0. The fourth-order valence-corrected chi connectivity index (χ4v) is 6.48. The molecule has 0 amide bonds. The Hall–Kier alpha value is 2.28. The second kappa shape index (κ2) is 7.45. The van der Waals surface area contributed by atoms with Crippen molar-refractivity contribution in [2.45, 2.75) is 0 Å². The fourth-order valence-electron chi connectivity index (χ4n) is 1.59. The van der Waals surface area contributed by atoms with E-state index >= 15 is 0 Å². The number of hydrogen-bond acceptors (Lipinski definition) is 0. The molecule has 0 nitrogen and oxygen atoms in total. The van der Waals surface area contributed by atoms with E-state index in [1.165, 1.54) is 0 Å². The summed E-state index contributed by atoms with van der Waals surface area (Å²) in [5, 5.41) is 0. The average molecular weight is 785 g/mol. The quantitative estimate of drug-likeness (QED) is 0.253. The van der Waals surface area contributed by atoms with Gasteiger partial charge in [-0.15, -0.1) is 0 Å². The van der Waals surface area contributed by atoms with Crippen LogP contribution in [0.25, 0.3) is 11.1 Å². The van der Waals surface area contributed by atoms with Gasteiger partial charge in [-0.05, 0) is 140 Å². The lowest BCUT2D eigenvalue weighted by atomic mass is 10.1. The van der Waals surface area contributed by atoms with Gasteiger partial charge in [0.1, 0.15) is 0 Å². The lowest BCUT2D eigenvalue weighted by Gasteiger charge is -2.16. The summed E-state index contributed by atoms with van der Waals surface area (Å²) in [5.74, 6) is 0. The Balaban J connectivity index is 2.96. The monoisotopic (exact) mass is 777 g/mol. The van der Waals surface area contributed by atoms with E-state index in [2.05, 4.69) is 127 Å². The predicted molar refractivity (Wildman–Crippen MR) is 113 cm³/mol. The maximum Gasteiger partial charge on any atom is 0.0408 e. The normalized spacial score (nSPS) is 11.0. The smallest absolute Gasteiger partial charge is 0.0408 e. The van der Waals surface area contributed by atoms with Crippen LogP contribution in [-0.4, -0.2) is 0 Å². The van der Waals surface area contributed by atoms with Crippen LogP contribution in [0.1, 0.15) is 0 Å². The minimum absolute atomic E-state index is 0.970. The first-order valence-corrected chi connectivity index (χ1v) is 11.3. The van der Waals surface area contributed by atoms with Gasteiger partial charge in [-0.25, -0.2) is 0 Å². The number of benzene rings is 2. The number of rotatable bonds is 1. The molecule has 0 bridgehead atoms. The van der Waals surface area contributed by atoms with Crippen molar-refractivity contribution in [1.29, 1.82) is 0 Å². The van der Waals surface area contributed by atoms with Crippen LogP contribution in [0.4, 0.5) is 0 Å². The molecule has 0 heterocycles. The Bertz CT molecular complexity index is 594. The van der Waals surface area contributed by atoms with Crippen molar-refractivity contribution in [3.05, 3.63) is 47.9 Å². The first-order chi connectivity index (χ1) is 9.25. The van der Waals surface area contributed by atoms with Crippen molar-refractivity contribution in [3.63, 3.8) is 0 Å². The summed E-state index contributed by atoms with van der Waals surface area (Å²) in [6, 6.07) is 3.99. The molecular formula is C12H2Br8. The van der Waals surface area contributed by atoms with E-state index in [4.69, 9.17) is 0 Å². The highest BCUT2D eigenvalue weighted by Crippen LogP contribution is 2.51. The van der Waals surface area contributed by atoms with Crippen LogP contribution in [0.3, 0.4) is 0 Å². The molecule has 0 atom stereocenters. The van der Waals surface area contributed by atoms with E-state index in [-0.39, 0.29) is 0 Å². The highest BCUT2D eigenvalue weighted by Gasteiger charge is 2.21. The van der Waals surface area contributed by atoms with Crippen LogP contribution in [0, 0.1) is 0 Å². The molecule has 0 saturated heterocycles. The molecule has 0 aliphatic carbocycles. The number of hydrogen-bond donors (Lipinski definition) is 0. The Morgan fingerprint density at radius 1 is 0.400 bits per heavy atom. The first-order valence-electron chi connectivity index (χ1n) is 4.92. The Morgan fingerprint density at radius 3 is 0.800 bits per heavy atom. The molecule has 2 aromatic carbocycles. The Labute approximate surface area is 183 Å². The molecule has 0 aromatic heterocycles. The molecule has 0 radical (unpaired) electrons. The third-order valence-corrected chi connectivity index (χ3v) is 10.4. The van der Waals surface area contributed by atoms with Crippen LogP contribution < -0.4 is 0 Å². The fraction of sp³-hybridized carbons (Fsp3) is 0. The molecule has 0 fully saturated rings. The lowest BCUT2D eigenvalue weighted by Crippen LogP contribution is -1.90. The first kappa shape index (κ1) is 18.6. The molecule has 0 saturated carbocycles. The summed E-state index contributed by atoms with van der Waals surface area (Å²) in [7, 11) is 0. The van der Waals surface area contributed by atoms with Gasteiger partial charge >= 0.3 is 0 Å². The van der Waals surface area contributed by atoms with E-state index in [1.807, 2.05) is 12.1 Å². The molecule has 0 aliphatic rings. The standard InChI is InChI=1S/C12H2Br8/c13-3-1-4(14)10(18)7(9(3)17)8-11(19)5(15)2-6(16)12(8)20/h1-2H. The van der Waals surface area contributed by atoms with Crippen molar-refractivity contribution < 1.29 is 0 Å². The van der Waals surface area contributed by atoms with Crippen LogP contribution in [-0.2, 0) is 0 Å². The van der Waals surface area contributed by atoms with E-state index in [0.29, 0.717) is 0 Å². The molecule has 8 heteroatoms. The van der Waals surface area contributed by atoms with Gasteiger partial charge in [0.15, 0.2) is 0 Å². The molecule has 0 unspecified atom stereocenters. The molecule has 0 spiro atoms. The summed E-state index contributed by atoms with van der Waals surface area (Å²) >= 11 is 28.8. The van der Waals surface area contributed by atoms with Crippen molar-refractivity contribution in [2.75, 3.05) is 0 Å². The third-order valence-electron chi connectivity index (χ3n) is 2.47. The van der Waals surface area contributed by atoms with Gasteiger partial charge in [-0.1, -0.05) is 0 Å². The van der Waals surface area contributed by atoms with E-state index < -0.39 is 0 Å². The summed E-state index contributed by atoms with van der Waals surface area (Å²) < 4.78 is 7.76. The maximum atomic E-state index is 3.65. The number of halogens is 8. The second-order valence-corrected chi connectivity index (χ2v) is 10.3. The summed E-state index contributed by atoms with van der Waals surface area (Å²) in [4.78, 5) is 0. The minimum Gasteiger partial charge on any atom is -0.0495 e. The zero-order valence-corrected chi connectivity index (χ0v) is 21.9. The van der Waals surface area contributed by atoms with E-state index in [0.717, 1.165) is 46.9 Å². The van der Waals surface area contributed by atoms with Crippen LogP contribution >= 0.6 is 127 Å². The molecule has 2 aromatic rings. The van der Waals surface area contributed by atoms with Gasteiger partial charge < -0.3 is 0 Å². The topological polar surface area (TPSA) is 0 Å². The third kappa shape index (κ3) is 3.52.